The van der Waals surface area contributed by atoms with Crippen molar-refractivity contribution < 1.29 is 0 Å². The smallest absolute Gasteiger partial charge is 0.103 e. The lowest BCUT2D eigenvalue weighted by Crippen LogP contribution is -1.98. The van der Waals surface area contributed by atoms with Crippen molar-refractivity contribution in [1.29, 1.82) is 5.26 Å². The summed E-state index contributed by atoms with van der Waals surface area (Å²) in [4.78, 5) is 0.912. The van der Waals surface area contributed by atoms with Gasteiger partial charge in [0.25, 0.3) is 0 Å². The number of fused-ring (bicyclic) bond motifs is 1. The molecular formula is C15H10N2S2. The highest BCUT2D eigenvalue weighted by atomic mass is 32.1. The summed E-state index contributed by atoms with van der Waals surface area (Å²) in [5, 5.41) is 14.4. The molecule has 4 heteroatoms. The molecule has 0 aliphatic carbocycles. The number of nitrogens with two attached hydrogens (primary N) is 1. The predicted octanol–water partition coefficient (Wildman–Crippen LogP) is 4.31. The maximum atomic E-state index is 9.36. The van der Waals surface area contributed by atoms with Gasteiger partial charge in [-0.25, -0.2) is 0 Å². The molecule has 0 aliphatic heterocycles. The van der Waals surface area contributed by atoms with Gasteiger partial charge in [0.2, 0.25) is 0 Å². The van der Waals surface area contributed by atoms with Gasteiger partial charge in [0.05, 0.1) is 11.3 Å². The van der Waals surface area contributed by atoms with E-state index >= 15 is 0 Å². The van der Waals surface area contributed by atoms with E-state index in [1.165, 1.54) is 16.0 Å². The van der Waals surface area contributed by atoms with E-state index in [2.05, 4.69) is 12.1 Å². The molecule has 19 heavy (non-hydrogen) atoms. The first-order valence-electron chi connectivity index (χ1n) is 5.71. The second kappa shape index (κ2) is 4.88. The average Bonchev–Trinajstić information content (AvgIpc) is 3.08. The highest BCUT2D eigenvalue weighted by Gasteiger charge is 2.12. The molecule has 0 aliphatic rings. The summed E-state index contributed by atoms with van der Waals surface area (Å²) in [5.41, 5.74) is 8.28. The van der Waals surface area contributed by atoms with Crippen LogP contribution in [0.15, 0.2) is 47.2 Å². The van der Waals surface area contributed by atoms with Crippen molar-refractivity contribution in [2.45, 2.75) is 0 Å². The van der Waals surface area contributed by atoms with Crippen LogP contribution in [0.4, 0.5) is 0 Å². The molecule has 0 atom stereocenters. The van der Waals surface area contributed by atoms with E-state index in [0.717, 1.165) is 15.8 Å². The van der Waals surface area contributed by atoms with Gasteiger partial charge < -0.3 is 5.73 Å². The number of hydrogen-bond acceptors (Lipinski definition) is 4. The van der Waals surface area contributed by atoms with Gasteiger partial charge in [-0.1, -0.05) is 24.3 Å². The van der Waals surface area contributed by atoms with Gasteiger partial charge in [-0.15, -0.1) is 22.7 Å². The van der Waals surface area contributed by atoms with Crippen LogP contribution in [-0.2, 0) is 0 Å². The molecule has 3 rings (SSSR count). The molecule has 0 radical (unpaired) electrons. The van der Waals surface area contributed by atoms with E-state index < -0.39 is 0 Å². The van der Waals surface area contributed by atoms with Crippen molar-refractivity contribution in [3.05, 3.63) is 57.6 Å². The number of thiophene rings is 2. The Kier molecular flexibility index (Phi) is 3.08. The molecule has 0 saturated carbocycles. The Labute approximate surface area is 119 Å². The molecule has 0 fully saturated rings. The van der Waals surface area contributed by atoms with Crippen LogP contribution in [0, 0.1) is 11.3 Å². The Bertz CT molecular complexity index is 789. The van der Waals surface area contributed by atoms with Gasteiger partial charge in [0.1, 0.15) is 6.07 Å². The third-order valence-corrected chi connectivity index (χ3v) is 4.77. The fourth-order valence-corrected chi connectivity index (χ4v) is 3.69. The Morgan fingerprint density at radius 2 is 1.95 bits per heavy atom. The topological polar surface area (TPSA) is 49.8 Å². The molecule has 2 aromatic heterocycles. The lowest BCUT2D eigenvalue weighted by Gasteiger charge is -2.03. The van der Waals surface area contributed by atoms with Gasteiger partial charge in [0.15, 0.2) is 0 Å². The fraction of sp³-hybridized carbons (Fsp3) is 0. The van der Waals surface area contributed by atoms with Crippen molar-refractivity contribution in [3.63, 3.8) is 0 Å². The summed E-state index contributed by atoms with van der Waals surface area (Å²) in [6.07, 6.45) is 0. The maximum Gasteiger partial charge on any atom is 0.103 e. The summed E-state index contributed by atoms with van der Waals surface area (Å²) in [7, 11) is 0. The molecule has 2 nitrogen and oxygen atoms in total. The van der Waals surface area contributed by atoms with Gasteiger partial charge in [-0.2, -0.15) is 5.26 Å². The Hall–Kier alpha value is -2.09. The molecule has 0 saturated heterocycles. The predicted molar refractivity (Wildman–Crippen MR) is 82.8 cm³/mol. The maximum absolute atomic E-state index is 9.36. The number of nitriles is 1. The standard InChI is InChI=1S/C15H10N2S2/c16-8-11(14-6-3-7-18-14)15(17)12-9-19-13-5-2-1-4-10(12)13/h1-7,9H,17H2/b15-11-. The molecule has 0 bridgehead atoms. The van der Waals surface area contributed by atoms with E-state index in [9.17, 15) is 5.26 Å². The van der Waals surface area contributed by atoms with E-state index in [1.807, 2.05) is 41.1 Å². The lowest BCUT2D eigenvalue weighted by molar-refractivity contribution is 1.52. The third kappa shape index (κ3) is 2.03. The molecule has 92 valence electrons. The van der Waals surface area contributed by atoms with Gasteiger partial charge in [0, 0.05) is 25.9 Å². The Balaban J connectivity index is 2.23. The number of benzene rings is 1. The van der Waals surface area contributed by atoms with Crippen LogP contribution < -0.4 is 5.73 Å². The lowest BCUT2D eigenvalue weighted by atomic mass is 10.1. The van der Waals surface area contributed by atoms with E-state index in [-0.39, 0.29) is 0 Å². The zero-order valence-electron chi connectivity index (χ0n) is 9.96. The van der Waals surface area contributed by atoms with Crippen LogP contribution in [0.3, 0.4) is 0 Å². The van der Waals surface area contributed by atoms with Gasteiger partial charge in [-0.05, 0) is 17.5 Å². The normalized spacial score (nSPS) is 12.2. The minimum Gasteiger partial charge on any atom is -0.397 e. The highest BCUT2D eigenvalue weighted by Crippen LogP contribution is 2.33. The third-order valence-electron chi connectivity index (χ3n) is 2.92. The van der Waals surface area contributed by atoms with Crippen molar-refractivity contribution in [2.75, 3.05) is 0 Å². The van der Waals surface area contributed by atoms with Gasteiger partial charge >= 0.3 is 0 Å². The summed E-state index contributed by atoms with van der Waals surface area (Å²) in [5.74, 6) is 0. The van der Waals surface area contributed by atoms with Gasteiger partial charge in [-0.3, -0.25) is 0 Å². The first-order valence-corrected chi connectivity index (χ1v) is 7.47. The summed E-state index contributed by atoms with van der Waals surface area (Å²) in [6.45, 7) is 0. The number of hydrogen-bond donors (Lipinski definition) is 1. The molecule has 3 aromatic rings. The van der Waals surface area contributed by atoms with Crippen molar-refractivity contribution >= 4 is 44.0 Å². The van der Waals surface area contributed by atoms with E-state index in [0.29, 0.717) is 11.3 Å². The van der Waals surface area contributed by atoms with Crippen LogP contribution >= 0.6 is 22.7 Å². The Morgan fingerprint density at radius 1 is 1.11 bits per heavy atom. The minimum atomic E-state index is 0.554. The first-order chi connectivity index (χ1) is 9.31. The van der Waals surface area contributed by atoms with Crippen LogP contribution in [0.25, 0.3) is 21.4 Å². The first kappa shape index (κ1) is 12.0. The second-order valence-electron chi connectivity index (χ2n) is 4.02. The molecular weight excluding hydrogens is 272 g/mol. The quantitative estimate of drug-likeness (QED) is 0.712. The monoisotopic (exact) mass is 282 g/mol. The number of nitrogens with zero attached hydrogens (tertiary/aromatic N) is 1. The number of rotatable bonds is 2. The van der Waals surface area contributed by atoms with E-state index in [4.69, 9.17) is 5.73 Å². The van der Waals surface area contributed by atoms with Crippen LogP contribution in [0.2, 0.25) is 0 Å². The van der Waals surface area contributed by atoms with Crippen molar-refractivity contribution in [1.82, 2.24) is 0 Å². The van der Waals surface area contributed by atoms with E-state index in [1.54, 1.807) is 11.3 Å². The largest absolute Gasteiger partial charge is 0.397 e. The Morgan fingerprint density at radius 3 is 2.68 bits per heavy atom. The van der Waals surface area contributed by atoms with Crippen LogP contribution in [0.1, 0.15) is 10.4 Å². The summed E-state index contributed by atoms with van der Waals surface area (Å²) >= 11 is 3.18. The minimum absolute atomic E-state index is 0.554. The fourth-order valence-electron chi connectivity index (χ4n) is 1.99. The molecule has 0 spiro atoms. The zero-order valence-corrected chi connectivity index (χ0v) is 11.6. The molecule has 2 heterocycles. The average molecular weight is 282 g/mol. The zero-order chi connectivity index (χ0) is 13.2. The van der Waals surface area contributed by atoms with Crippen LogP contribution in [-0.4, -0.2) is 0 Å². The van der Waals surface area contributed by atoms with Crippen molar-refractivity contribution in [2.24, 2.45) is 5.73 Å². The molecule has 0 unspecified atom stereocenters. The summed E-state index contributed by atoms with van der Waals surface area (Å²) in [6, 6.07) is 14.2. The van der Waals surface area contributed by atoms with Crippen molar-refractivity contribution in [3.8, 4) is 6.07 Å². The highest BCUT2D eigenvalue weighted by molar-refractivity contribution is 7.17. The SMILES string of the molecule is N#C/C(=C(/N)c1csc2ccccc12)c1cccs1. The molecule has 0 amide bonds. The molecule has 1 aromatic carbocycles. The summed E-state index contributed by atoms with van der Waals surface area (Å²) < 4.78 is 1.18. The molecule has 2 N–H and O–H groups in total. The second-order valence-corrected chi connectivity index (χ2v) is 5.88. The number of allylic oxidation sites excluding steroid dienone is 1. The van der Waals surface area contributed by atoms with Crippen LogP contribution in [0.5, 0.6) is 0 Å².